The van der Waals surface area contributed by atoms with E-state index < -0.39 is 10.0 Å². The summed E-state index contributed by atoms with van der Waals surface area (Å²) in [5, 5.41) is 8.70. The second kappa shape index (κ2) is 6.56. The Bertz CT molecular complexity index is 659. The molecule has 0 bridgehead atoms. The van der Waals surface area contributed by atoms with Gasteiger partial charge in [-0.1, -0.05) is 25.7 Å². The van der Waals surface area contributed by atoms with Gasteiger partial charge in [0, 0.05) is 30.5 Å². The van der Waals surface area contributed by atoms with Crippen LogP contribution in [-0.4, -0.2) is 42.0 Å². The molecule has 0 aliphatic carbocycles. The third-order valence-corrected chi connectivity index (χ3v) is 5.54. The SMILES string of the molecule is CC(C)C1CCCN1S(=O)(=O)c1cncc(C#CCO)c1. The summed E-state index contributed by atoms with van der Waals surface area (Å²) in [6.45, 7) is 4.37. The van der Waals surface area contributed by atoms with E-state index >= 15 is 0 Å². The Morgan fingerprint density at radius 3 is 2.90 bits per heavy atom. The van der Waals surface area contributed by atoms with E-state index in [-0.39, 0.29) is 23.5 Å². The Morgan fingerprint density at radius 2 is 2.24 bits per heavy atom. The molecule has 0 spiro atoms. The maximum Gasteiger partial charge on any atom is 0.244 e. The van der Waals surface area contributed by atoms with Crippen molar-refractivity contribution in [3.8, 4) is 11.8 Å². The van der Waals surface area contributed by atoms with E-state index in [1.165, 1.54) is 18.5 Å². The van der Waals surface area contributed by atoms with E-state index in [2.05, 4.69) is 16.8 Å². The minimum atomic E-state index is -3.54. The standard InChI is InChI=1S/C15H20N2O3S/c1-12(2)15-6-3-7-17(15)21(19,20)14-9-13(5-4-8-18)10-16-11-14/h9-12,15,18H,3,6-8H2,1-2H3. The lowest BCUT2D eigenvalue weighted by atomic mass is 10.0. The molecule has 21 heavy (non-hydrogen) atoms. The molecule has 0 aromatic carbocycles. The molecule has 5 nitrogen and oxygen atoms in total. The van der Waals surface area contributed by atoms with Gasteiger partial charge < -0.3 is 5.11 Å². The summed E-state index contributed by atoms with van der Waals surface area (Å²) in [6, 6.07) is 1.56. The molecule has 1 saturated heterocycles. The molecule has 1 aliphatic heterocycles. The van der Waals surface area contributed by atoms with Gasteiger partial charge in [0.2, 0.25) is 10.0 Å². The van der Waals surface area contributed by atoms with Crippen molar-refractivity contribution < 1.29 is 13.5 Å². The van der Waals surface area contributed by atoms with Crippen LogP contribution in [0.15, 0.2) is 23.4 Å². The lowest BCUT2D eigenvalue weighted by Gasteiger charge is -2.26. The van der Waals surface area contributed by atoms with Crippen LogP contribution in [-0.2, 0) is 10.0 Å². The van der Waals surface area contributed by atoms with Crippen LogP contribution in [0.3, 0.4) is 0 Å². The van der Waals surface area contributed by atoms with Gasteiger partial charge >= 0.3 is 0 Å². The second-order valence-electron chi connectivity index (χ2n) is 5.44. The van der Waals surface area contributed by atoms with Gasteiger partial charge in [0.15, 0.2) is 0 Å². The Balaban J connectivity index is 2.35. The zero-order chi connectivity index (χ0) is 15.5. The predicted molar refractivity (Wildman–Crippen MR) is 80.0 cm³/mol. The minimum Gasteiger partial charge on any atom is -0.384 e. The zero-order valence-electron chi connectivity index (χ0n) is 12.3. The number of hydrogen-bond donors (Lipinski definition) is 1. The summed E-state index contributed by atoms with van der Waals surface area (Å²) in [4.78, 5) is 4.12. The summed E-state index contributed by atoms with van der Waals surface area (Å²) in [7, 11) is -3.54. The van der Waals surface area contributed by atoms with Gasteiger partial charge in [0.05, 0.1) is 0 Å². The highest BCUT2D eigenvalue weighted by Gasteiger charge is 2.36. The van der Waals surface area contributed by atoms with Crippen molar-refractivity contribution in [3.05, 3.63) is 24.0 Å². The third-order valence-electron chi connectivity index (χ3n) is 3.65. The van der Waals surface area contributed by atoms with Gasteiger partial charge in [0.25, 0.3) is 0 Å². The Morgan fingerprint density at radius 1 is 1.48 bits per heavy atom. The van der Waals surface area contributed by atoms with Gasteiger partial charge in [-0.15, -0.1) is 0 Å². The Hall–Kier alpha value is -1.42. The van der Waals surface area contributed by atoms with Crippen LogP contribution in [0.5, 0.6) is 0 Å². The van der Waals surface area contributed by atoms with Gasteiger partial charge in [-0.05, 0) is 24.8 Å². The molecule has 0 amide bonds. The number of aliphatic hydroxyl groups excluding tert-OH is 1. The summed E-state index contributed by atoms with van der Waals surface area (Å²) < 4.78 is 27.1. The average Bonchev–Trinajstić information content (AvgIpc) is 2.96. The maximum atomic E-state index is 12.8. The van der Waals surface area contributed by atoms with Crippen LogP contribution in [0.2, 0.25) is 0 Å². The zero-order valence-corrected chi connectivity index (χ0v) is 13.1. The molecule has 1 aliphatic rings. The van der Waals surface area contributed by atoms with Crippen molar-refractivity contribution in [1.29, 1.82) is 0 Å². The second-order valence-corrected chi connectivity index (χ2v) is 7.33. The molecule has 0 radical (unpaired) electrons. The average molecular weight is 308 g/mol. The molecule has 1 atom stereocenters. The lowest BCUT2D eigenvalue weighted by Crippen LogP contribution is -2.38. The summed E-state index contributed by atoms with van der Waals surface area (Å²) >= 11 is 0. The molecule has 114 valence electrons. The minimum absolute atomic E-state index is 0.0437. The van der Waals surface area contributed by atoms with Crippen LogP contribution in [0.1, 0.15) is 32.3 Å². The fraction of sp³-hybridized carbons (Fsp3) is 0.533. The molecule has 6 heteroatoms. The molecule has 1 unspecified atom stereocenters. The van der Waals surface area contributed by atoms with E-state index in [0.29, 0.717) is 12.1 Å². The first kappa shape index (κ1) is 16.0. The van der Waals surface area contributed by atoms with Crippen LogP contribution >= 0.6 is 0 Å². The topological polar surface area (TPSA) is 70.5 Å². The first-order valence-corrected chi connectivity index (χ1v) is 8.47. The summed E-state index contributed by atoms with van der Waals surface area (Å²) in [5.74, 6) is 5.47. The van der Waals surface area contributed by atoms with Gasteiger partial charge in [-0.2, -0.15) is 4.31 Å². The number of aromatic nitrogens is 1. The number of sulfonamides is 1. The van der Waals surface area contributed by atoms with Gasteiger partial charge in [-0.25, -0.2) is 8.42 Å². The van der Waals surface area contributed by atoms with Crippen molar-refractivity contribution >= 4 is 10.0 Å². The molecule has 1 fully saturated rings. The first-order valence-electron chi connectivity index (χ1n) is 7.03. The fourth-order valence-corrected chi connectivity index (χ4v) is 4.45. The monoisotopic (exact) mass is 308 g/mol. The van der Waals surface area contributed by atoms with Crippen LogP contribution in [0, 0.1) is 17.8 Å². The highest BCUT2D eigenvalue weighted by Crippen LogP contribution is 2.29. The summed E-state index contributed by atoms with van der Waals surface area (Å²) in [5.41, 5.74) is 0.491. The first-order chi connectivity index (χ1) is 9.96. The number of pyridine rings is 1. The molecule has 1 N–H and O–H groups in total. The van der Waals surface area contributed by atoms with Crippen LogP contribution < -0.4 is 0 Å². The summed E-state index contributed by atoms with van der Waals surface area (Å²) in [6.07, 6.45) is 4.63. The number of hydrogen-bond acceptors (Lipinski definition) is 4. The van der Waals surface area contributed by atoms with E-state index in [4.69, 9.17) is 5.11 Å². The predicted octanol–water partition coefficient (Wildman–Crippen LogP) is 1.23. The largest absolute Gasteiger partial charge is 0.384 e. The highest BCUT2D eigenvalue weighted by atomic mass is 32.2. The lowest BCUT2D eigenvalue weighted by molar-refractivity contribution is 0.315. The van der Waals surface area contributed by atoms with Crippen molar-refractivity contribution in [2.45, 2.75) is 37.6 Å². The quantitative estimate of drug-likeness (QED) is 0.853. The van der Waals surface area contributed by atoms with E-state index in [9.17, 15) is 8.42 Å². The highest BCUT2D eigenvalue weighted by molar-refractivity contribution is 7.89. The molecule has 2 heterocycles. The smallest absolute Gasteiger partial charge is 0.244 e. The maximum absolute atomic E-state index is 12.8. The van der Waals surface area contributed by atoms with E-state index in [1.807, 2.05) is 13.8 Å². The third kappa shape index (κ3) is 3.43. The number of nitrogens with zero attached hydrogens (tertiary/aromatic N) is 2. The van der Waals surface area contributed by atoms with Crippen molar-refractivity contribution in [3.63, 3.8) is 0 Å². The van der Waals surface area contributed by atoms with Crippen LogP contribution in [0.4, 0.5) is 0 Å². The number of rotatable bonds is 3. The van der Waals surface area contributed by atoms with Crippen molar-refractivity contribution in [1.82, 2.24) is 9.29 Å². The molecule has 1 aromatic heterocycles. The van der Waals surface area contributed by atoms with E-state index in [0.717, 1.165) is 12.8 Å². The normalized spacial score (nSPS) is 19.5. The molecule has 2 rings (SSSR count). The van der Waals surface area contributed by atoms with Gasteiger partial charge in [0.1, 0.15) is 11.5 Å². The Kier molecular flexibility index (Phi) is 4.99. The molecular weight excluding hydrogens is 288 g/mol. The van der Waals surface area contributed by atoms with Crippen LogP contribution in [0.25, 0.3) is 0 Å². The molecular formula is C15H20N2O3S. The number of aliphatic hydroxyl groups is 1. The van der Waals surface area contributed by atoms with Crippen molar-refractivity contribution in [2.24, 2.45) is 5.92 Å². The van der Waals surface area contributed by atoms with E-state index in [1.54, 1.807) is 4.31 Å². The van der Waals surface area contributed by atoms with Gasteiger partial charge in [-0.3, -0.25) is 4.98 Å². The molecule has 1 aromatic rings. The Labute approximate surface area is 126 Å². The molecule has 0 saturated carbocycles. The van der Waals surface area contributed by atoms with Crippen molar-refractivity contribution in [2.75, 3.05) is 13.2 Å². The fourth-order valence-electron chi connectivity index (χ4n) is 2.64.